The molecule has 1 atom stereocenters. The van der Waals surface area contributed by atoms with Gasteiger partial charge in [-0.2, -0.15) is 5.26 Å². The van der Waals surface area contributed by atoms with Crippen molar-refractivity contribution in [3.63, 3.8) is 0 Å². The number of amides is 1. The maximum atomic E-state index is 11.7. The number of nitriles is 1. The van der Waals surface area contributed by atoms with E-state index in [1.54, 1.807) is 44.3 Å². The van der Waals surface area contributed by atoms with E-state index in [4.69, 9.17) is 10.4 Å². The molecule has 94 valence electrons. The number of hydrogen-bond donors (Lipinski definition) is 1. The van der Waals surface area contributed by atoms with Crippen molar-refractivity contribution in [2.24, 2.45) is 0 Å². The summed E-state index contributed by atoms with van der Waals surface area (Å²) in [6, 6.07) is 8.98. The van der Waals surface area contributed by atoms with Gasteiger partial charge in [-0.05, 0) is 30.7 Å². The summed E-state index contributed by atoms with van der Waals surface area (Å²) in [4.78, 5) is 13.1. The fourth-order valence-electron chi connectivity index (χ4n) is 1.45. The zero-order valence-electron chi connectivity index (χ0n) is 10.5. The van der Waals surface area contributed by atoms with Crippen LogP contribution in [0.4, 0.5) is 0 Å². The topological polar surface area (TPSA) is 64.3 Å². The quantitative estimate of drug-likeness (QED) is 0.814. The number of likely N-dealkylation sites (N-methyl/N-ethyl adjacent to an activating group) is 1. The summed E-state index contributed by atoms with van der Waals surface area (Å²) in [5.41, 5.74) is 1.44. The van der Waals surface area contributed by atoms with Gasteiger partial charge >= 0.3 is 0 Å². The molecule has 0 bridgehead atoms. The van der Waals surface area contributed by atoms with E-state index in [0.717, 1.165) is 5.56 Å². The Morgan fingerprint density at radius 3 is 2.61 bits per heavy atom. The van der Waals surface area contributed by atoms with Crippen LogP contribution in [0.5, 0.6) is 0 Å². The van der Waals surface area contributed by atoms with Crippen molar-refractivity contribution in [1.29, 1.82) is 5.26 Å². The van der Waals surface area contributed by atoms with E-state index in [1.165, 1.54) is 11.0 Å². The number of rotatable bonds is 4. The molecular formula is C14H16N2O2. The van der Waals surface area contributed by atoms with Gasteiger partial charge in [0.25, 0.3) is 0 Å². The molecule has 1 unspecified atom stereocenters. The molecular weight excluding hydrogens is 228 g/mol. The van der Waals surface area contributed by atoms with Gasteiger partial charge in [-0.1, -0.05) is 12.1 Å². The molecule has 0 aliphatic rings. The van der Waals surface area contributed by atoms with Crippen LogP contribution in [0.1, 0.15) is 18.1 Å². The molecule has 1 aromatic rings. The average Bonchev–Trinajstić information content (AvgIpc) is 2.35. The van der Waals surface area contributed by atoms with Crippen molar-refractivity contribution >= 4 is 12.0 Å². The number of nitrogens with zero attached hydrogens (tertiary/aromatic N) is 2. The lowest BCUT2D eigenvalue weighted by molar-refractivity contribution is -0.125. The SMILES string of the molecule is CC(O)CN(C)C(=O)C=Cc1ccc(C#N)cc1. The Morgan fingerprint density at radius 1 is 1.50 bits per heavy atom. The zero-order chi connectivity index (χ0) is 13.5. The Labute approximate surface area is 107 Å². The van der Waals surface area contributed by atoms with Crippen LogP contribution in [-0.4, -0.2) is 35.6 Å². The van der Waals surface area contributed by atoms with Crippen molar-refractivity contribution in [2.45, 2.75) is 13.0 Å². The number of hydrogen-bond acceptors (Lipinski definition) is 3. The summed E-state index contributed by atoms with van der Waals surface area (Å²) >= 11 is 0. The van der Waals surface area contributed by atoms with Crippen LogP contribution >= 0.6 is 0 Å². The van der Waals surface area contributed by atoms with E-state index in [-0.39, 0.29) is 5.91 Å². The van der Waals surface area contributed by atoms with E-state index >= 15 is 0 Å². The molecule has 0 aromatic heterocycles. The Kier molecular flexibility index (Phi) is 5.09. The second kappa shape index (κ2) is 6.58. The van der Waals surface area contributed by atoms with E-state index in [9.17, 15) is 4.79 Å². The summed E-state index contributed by atoms with van der Waals surface area (Å²) in [5, 5.41) is 17.8. The van der Waals surface area contributed by atoms with Crippen LogP contribution in [-0.2, 0) is 4.79 Å². The minimum Gasteiger partial charge on any atom is -0.392 e. The zero-order valence-corrected chi connectivity index (χ0v) is 10.5. The van der Waals surface area contributed by atoms with Crippen LogP contribution in [0, 0.1) is 11.3 Å². The van der Waals surface area contributed by atoms with Gasteiger partial charge in [0, 0.05) is 19.7 Å². The summed E-state index contributed by atoms with van der Waals surface area (Å²) in [7, 11) is 1.64. The third kappa shape index (κ3) is 4.40. The highest BCUT2D eigenvalue weighted by Crippen LogP contribution is 2.05. The molecule has 1 aromatic carbocycles. The van der Waals surface area contributed by atoms with Gasteiger partial charge in [0.2, 0.25) is 5.91 Å². The summed E-state index contributed by atoms with van der Waals surface area (Å²) < 4.78 is 0. The van der Waals surface area contributed by atoms with Crippen LogP contribution in [0.2, 0.25) is 0 Å². The Balaban J connectivity index is 2.63. The number of carbonyl (C=O) groups excluding carboxylic acids is 1. The fraction of sp³-hybridized carbons (Fsp3) is 0.286. The first kappa shape index (κ1) is 13.9. The lowest BCUT2D eigenvalue weighted by Gasteiger charge is -2.16. The van der Waals surface area contributed by atoms with E-state index in [2.05, 4.69) is 0 Å². The first-order valence-electron chi connectivity index (χ1n) is 5.64. The highest BCUT2D eigenvalue weighted by Gasteiger charge is 2.07. The lowest BCUT2D eigenvalue weighted by Crippen LogP contribution is -2.31. The Morgan fingerprint density at radius 2 is 2.11 bits per heavy atom. The van der Waals surface area contributed by atoms with Crippen molar-refractivity contribution in [2.75, 3.05) is 13.6 Å². The summed E-state index contributed by atoms with van der Waals surface area (Å²) in [6.07, 6.45) is 2.59. The van der Waals surface area contributed by atoms with Crippen molar-refractivity contribution in [3.8, 4) is 6.07 Å². The van der Waals surface area contributed by atoms with Crippen LogP contribution in [0.15, 0.2) is 30.3 Å². The molecule has 18 heavy (non-hydrogen) atoms. The molecule has 1 N–H and O–H groups in total. The minimum atomic E-state index is -0.540. The normalized spacial score (nSPS) is 12.1. The number of benzene rings is 1. The molecule has 0 aliphatic heterocycles. The van der Waals surface area contributed by atoms with Gasteiger partial charge in [0.05, 0.1) is 17.7 Å². The van der Waals surface area contributed by atoms with Gasteiger partial charge in [-0.3, -0.25) is 4.79 Å². The molecule has 0 saturated heterocycles. The fourth-order valence-corrected chi connectivity index (χ4v) is 1.45. The molecule has 0 radical (unpaired) electrons. The van der Waals surface area contributed by atoms with Gasteiger partial charge < -0.3 is 10.0 Å². The van der Waals surface area contributed by atoms with Gasteiger partial charge in [0.15, 0.2) is 0 Å². The monoisotopic (exact) mass is 244 g/mol. The molecule has 0 spiro atoms. The number of aliphatic hydroxyl groups is 1. The maximum absolute atomic E-state index is 11.7. The maximum Gasteiger partial charge on any atom is 0.246 e. The molecule has 1 amide bonds. The summed E-state index contributed by atoms with van der Waals surface area (Å²) in [5.74, 6) is -0.166. The average molecular weight is 244 g/mol. The van der Waals surface area contributed by atoms with E-state index in [1.807, 2.05) is 6.07 Å². The van der Waals surface area contributed by atoms with Crippen molar-refractivity contribution in [3.05, 3.63) is 41.5 Å². The van der Waals surface area contributed by atoms with Crippen LogP contribution in [0.25, 0.3) is 6.08 Å². The lowest BCUT2D eigenvalue weighted by atomic mass is 10.1. The first-order valence-corrected chi connectivity index (χ1v) is 5.64. The smallest absolute Gasteiger partial charge is 0.246 e. The van der Waals surface area contributed by atoms with Gasteiger partial charge in [-0.15, -0.1) is 0 Å². The van der Waals surface area contributed by atoms with Crippen molar-refractivity contribution in [1.82, 2.24) is 4.90 Å². The third-order valence-electron chi connectivity index (χ3n) is 2.37. The Bertz CT molecular complexity index is 470. The molecule has 0 aliphatic carbocycles. The molecule has 0 fully saturated rings. The molecule has 4 nitrogen and oxygen atoms in total. The van der Waals surface area contributed by atoms with E-state index in [0.29, 0.717) is 12.1 Å². The predicted molar refractivity (Wildman–Crippen MR) is 69.5 cm³/mol. The molecule has 0 saturated carbocycles. The third-order valence-corrected chi connectivity index (χ3v) is 2.37. The molecule has 1 rings (SSSR count). The van der Waals surface area contributed by atoms with Crippen molar-refractivity contribution < 1.29 is 9.90 Å². The number of aliphatic hydroxyl groups excluding tert-OH is 1. The van der Waals surface area contributed by atoms with Gasteiger partial charge in [-0.25, -0.2) is 0 Å². The largest absolute Gasteiger partial charge is 0.392 e. The van der Waals surface area contributed by atoms with E-state index < -0.39 is 6.10 Å². The minimum absolute atomic E-state index is 0.166. The highest BCUT2D eigenvalue weighted by molar-refractivity contribution is 5.91. The standard InChI is InChI=1S/C14H16N2O2/c1-11(17)10-16(2)14(18)8-7-12-3-5-13(9-15)6-4-12/h3-8,11,17H,10H2,1-2H3. The van der Waals surface area contributed by atoms with Crippen LogP contribution < -0.4 is 0 Å². The van der Waals surface area contributed by atoms with Gasteiger partial charge in [0.1, 0.15) is 0 Å². The predicted octanol–water partition coefficient (Wildman–Crippen LogP) is 1.41. The molecule has 0 heterocycles. The second-order valence-electron chi connectivity index (χ2n) is 4.13. The second-order valence-corrected chi connectivity index (χ2v) is 4.13. The first-order chi connectivity index (χ1) is 8.52. The Hall–Kier alpha value is -2.12. The summed E-state index contributed by atoms with van der Waals surface area (Å²) in [6.45, 7) is 1.94. The number of carbonyl (C=O) groups is 1. The highest BCUT2D eigenvalue weighted by atomic mass is 16.3. The van der Waals surface area contributed by atoms with Crippen LogP contribution in [0.3, 0.4) is 0 Å². The molecule has 4 heteroatoms.